The van der Waals surface area contributed by atoms with E-state index in [1.54, 1.807) is 5.48 Å². The molecule has 0 saturated heterocycles. The Morgan fingerprint density at radius 2 is 1.43 bits per heavy atom. The van der Waals surface area contributed by atoms with Gasteiger partial charge in [-0.1, -0.05) is 75.5 Å². The number of allylic oxidation sites excluding steroid dienone is 6. The molecular weight excluding hydrogens is 262 g/mol. The maximum absolute atomic E-state index is 10.8. The summed E-state index contributed by atoms with van der Waals surface area (Å²) in [6, 6.07) is 0. The second kappa shape index (κ2) is 16.7. The molecule has 0 aromatic rings. The molecule has 0 aliphatic carbocycles. The highest BCUT2D eigenvalue weighted by molar-refractivity contribution is 5.74. The minimum Gasteiger partial charge on any atom is -0.289 e. The minimum atomic E-state index is -0.284. The topological polar surface area (TPSA) is 49.3 Å². The zero-order valence-electron chi connectivity index (χ0n) is 13.4. The van der Waals surface area contributed by atoms with E-state index in [-0.39, 0.29) is 5.91 Å². The summed E-state index contributed by atoms with van der Waals surface area (Å²) >= 11 is 0. The number of carbonyl (C=O) groups excluding carboxylic acids is 1. The average molecular weight is 293 g/mol. The van der Waals surface area contributed by atoms with Gasteiger partial charge < -0.3 is 0 Å². The summed E-state index contributed by atoms with van der Waals surface area (Å²) < 4.78 is 0. The SMILES string of the molecule is CCCCC=CC=CC=CCCCCCCCC(=O)NO. The molecule has 0 aliphatic rings. The lowest BCUT2D eigenvalue weighted by Gasteiger charge is -1.99. The van der Waals surface area contributed by atoms with Crippen molar-refractivity contribution >= 4 is 5.91 Å². The van der Waals surface area contributed by atoms with Crippen molar-refractivity contribution < 1.29 is 10.0 Å². The third-order valence-corrected chi connectivity index (χ3v) is 3.23. The molecular formula is C18H31NO2. The van der Waals surface area contributed by atoms with Crippen LogP contribution in [0.2, 0.25) is 0 Å². The monoisotopic (exact) mass is 293 g/mol. The lowest BCUT2D eigenvalue weighted by atomic mass is 10.1. The predicted octanol–water partition coefficient (Wildman–Crippen LogP) is 5.08. The molecule has 120 valence electrons. The molecule has 3 nitrogen and oxygen atoms in total. The molecule has 2 N–H and O–H groups in total. The summed E-state index contributed by atoms with van der Waals surface area (Å²) in [6.07, 6.45) is 23.5. The molecule has 0 aromatic carbocycles. The third-order valence-electron chi connectivity index (χ3n) is 3.23. The van der Waals surface area contributed by atoms with E-state index < -0.39 is 0 Å². The summed E-state index contributed by atoms with van der Waals surface area (Å²) in [6.45, 7) is 2.21. The van der Waals surface area contributed by atoms with E-state index in [1.807, 2.05) is 0 Å². The zero-order valence-corrected chi connectivity index (χ0v) is 13.4. The first-order valence-electron chi connectivity index (χ1n) is 8.22. The van der Waals surface area contributed by atoms with Gasteiger partial charge in [0.25, 0.3) is 0 Å². The van der Waals surface area contributed by atoms with Crippen LogP contribution in [0, 0.1) is 0 Å². The predicted molar refractivity (Wildman–Crippen MR) is 89.2 cm³/mol. The molecule has 3 heteroatoms. The molecule has 0 bridgehead atoms. The largest absolute Gasteiger partial charge is 0.289 e. The quantitative estimate of drug-likeness (QED) is 0.215. The fourth-order valence-electron chi connectivity index (χ4n) is 1.93. The van der Waals surface area contributed by atoms with Crippen LogP contribution in [0.4, 0.5) is 0 Å². The number of unbranched alkanes of at least 4 members (excludes halogenated alkanes) is 7. The van der Waals surface area contributed by atoms with Crippen LogP contribution < -0.4 is 5.48 Å². The van der Waals surface area contributed by atoms with Crippen molar-refractivity contribution in [2.75, 3.05) is 0 Å². The zero-order chi connectivity index (χ0) is 15.6. The molecule has 0 spiro atoms. The number of hydrogen-bond donors (Lipinski definition) is 2. The second-order valence-electron chi connectivity index (χ2n) is 5.22. The van der Waals surface area contributed by atoms with Crippen LogP contribution in [-0.2, 0) is 4.79 Å². The number of amides is 1. The van der Waals surface area contributed by atoms with Crippen molar-refractivity contribution in [3.8, 4) is 0 Å². The van der Waals surface area contributed by atoms with Gasteiger partial charge in [0.05, 0.1) is 0 Å². The van der Waals surface area contributed by atoms with Gasteiger partial charge in [-0.3, -0.25) is 10.0 Å². The number of carbonyl (C=O) groups is 1. The first-order chi connectivity index (χ1) is 10.3. The van der Waals surface area contributed by atoms with Crippen molar-refractivity contribution in [3.63, 3.8) is 0 Å². The number of nitrogens with one attached hydrogen (secondary N) is 1. The van der Waals surface area contributed by atoms with Crippen LogP contribution in [0.3, 0.4) is 0 Å². The van der Waals surface area contributed by atoms with Gasteiger partial charge >= 0.3 is 0 Å². The maximum Gasteiger partial charge on any atom is 0.243 e. The van der Waals surface area contributed by atoms with Crippen molar-refractivity contribution in [1.82, 2.24) is 5.48 Å². The molecule has 0 unspecified atom stereocenters. The van der Waals surface area contributed by atoms with Gasteiger partial charge in [-0.15, -0.1) is 0 Å². The summed E-state index contributed by atoms with van der Waals surface area (Å²) in [5.74, 6) is -0.284. The number of hydroxylamine groups is 1. The number of rotatable bonds is 13. The Labute approximate surface area is 129 Å². The Morgan fingerprint density at radius 3 is 2.05 bits per heavy atom. The smallest absolute Gasteiger partial charge is 0.243 e. The third kappa shape index (κ3) is 16.6. The average Bonchev–Trinajstić information content (AvgIpc) is 2.50. The molecule has 21 heavy (non-hydrogen) atoms. The van der Waals surface area contributed by atoms with E-state index in [0.717, 1.165) is 25.7 Å². The Bertz CT molecular complexity index is 319. The first kappa shape index (κ1) is 19.7. The molecule has 0 saturated carbocycles. The van der Waals surface area contributed by atoms with Crippen LogP contribution in [-0.4, -0.2) is 11.1 Å². The van der Waals surface area contributed by atoms with Gasteiger partial charge in [-0.05, 0) is 25.7 Å². The molecule has 0 radical (unpaired) electrons. The highest BCUT2D eigenvalue weighted by Gasteiger charge is 1.97. The van der Waals surface area contributed by atoms with E-state index in [2.05, 4.69) is 43.4 Å². The van der Waals surface area contributed by atoms with Crippen molar-refractivity contribution in [3.05, 3.63) is 36.5 Å². The summed E-state index contributed by atoms with van der Waals surface area (Å²) in [5.41, 5.74) is 1.66. The van der Waals surface area contributed by atoms with E-state index in [4.69, 9.17) is 5.21 Å². The molecule has 0 fully saturated rings. The fourth-order valence-corrected chi connectivity index (χ4v) is 1.93. The minimum absolute atomic E-state index is 0.284. The summed E-state index contributed by atoms with van der Waals surface area (Å²) in [7, 11) is 0. The fraction of sp³-hybridized carbons (Fsp3) is 0.611. The van der Waals surface area contributed by atoms with Gasteiger partial charge in [0, 0.05) is 6.42 Å². The molecule has 0 aromatic heterocycles. The first-order valence-corrected chi connectivity index (χ1v) is 8.22. The van der Waals surface area contributed by atoms with Gasteiger partial charge in [-0.25, -0.2) is 5.48 Å². The van der Waals surface area contributed by atoms with Crippen molar-refractivity contribution in [2.24, 2.45) is 0 Å². The van der Waals surface area contributed by atoms with E-state index in [9.17, 15) is 4.79 Å². The van der Waals surface area contributed by atoms with Crippen molar-refractivity contribution in [1.29, 1.82) is 0 Å². The van der Waals surface area contributed by atoms with E-state index in [0.29, 0.717) is 6.42 Å². The molecule has 0 heterocycles. The maximum atomic E-state index is 10.8. The van der Waals surface area contributed by atoms with Crippen LogP contribution in [0.25, 0.3) is 0 Å². The van der Waals surface area contributed by atoms with E-state index in [1.165, 1.54) is 32.1 Å². The van der Waals surface area contributed by atoms with Gasteiger partial charge in [0.1, 0.15) is 0 Å². The molecule has 0 rings (SSSR count). The van der Waals surface area contributed by atoms with Crippen LogP contribution in [0.1, 0.15) is 71.1 Å². The Kier molecular flexibility index (Phi) is 15.6. The van der Waals surface area contributed by atoms with Crippen LogP contribution in [0.5, 0.6) is 0 Å². The second-order valence-corrected chi connectivity index (χ2v) is 5.22. The Morgan fingerprint density at radius 1 is 0.857 bits per heavy atom. The molecule has 0 atom stereocenters. The Hall–Kier alpha value is -1.35. The van der Waals surface area contributed by atoms with Gasteiger partial charge in [-0.2, -0.15) is 0 Å². The molecule has 0 aliphatic heterocycles. The van der Waals surface area contributed by atoms with E-state index >= 15 is 0 Å². The normalized spacial score (nSPS) is 11.9. The number of hydrogen-bond acceptors (Lipinski definition) is 2. The van der Waals surface area contributed by atoms with Gasteiger partial charge in [0.15, 0.2) is 0 Å². The lowest BCUT2D eigenvalue weighted by molar-refractivity contribution is -0.129. The standard InChI is InChI=1S/C18H31NO2/c1-2-3-4-5-6-7-8-9-10-11-12-13-14-15-16-17-18(20)19-21/h5-10,21H,2-4,11-17H2,1H3,(H,19,20). The summed E-state index contributed by atoms with van der Waals surface area (Å²) in [5, 5.41) is 8.33. The van der Waals surface area contributed by atoms with Gasteiger partial charge in [0.2, 0.25) is 5.91 Å². The summed E-state index contributed by atoms with van der Waals surface area (Å²) in [4.78, 5) is 10.8. The van der Waals surface area contributed by atoms with Crippen LogP contribution in [0.15, 0.2) is 36.5 Å². The highest BCUT2D eigenvalue weighted by atomic mass is 16.5. The molecule has 1 amide bonds. The highest BCUT2D eigenvalue weighted by Crippen LogP contribution is 2.07. The van der Waals surface area contributed by atoms with Crippen molar-refractivity contribution in [2.45, 2.75) is 71.1 Å². The van der Waals surface area contributed by atoms with Crippen LogP contribution >= 0.6 is 0 Å². The Balaban J connectivity index is 3.30. The lowest BCUT2D eigenvalue weighted by Crippen LogP contribution is -2.17.